The van der Waals surface area contributed by atoms with Crippen LogP contribution in [-0.4, -0.2) is 16.9 Å². The SMILES string of the molecule is O=C(CSc1c(=O)o[nH][n+]1-c1ccccc1)Nc1ccccc1C(F)(F)F. The minimum atomic E-state index is -4.59. The molecule has 1 aromatic heterocycles. The maximum atomic E-state index is 13.0. The number of H-pyrrole nitrogens is 1. The minimum absolute atomic E-state index is 0.0976. The number of thioether (sulfide) groups is 1. The molecule has 27 heavy (non-hydrogen) atoms. The smallest absolute Gasteiger partial charge is 0.325 e. The van der Waals surface area contributed by atoms with E-state index in [1.54, 1.807) is 30.3 Å². The van der Waals surface area contributed by atoms with Crippen molar-refractivity contribution in [3.63, 3.8) is 0 Å². The number of aromatic amines is 1. The van der Waals surface area contributed by atoms with Crippen LogP contribution in [0.4, 0.5) is 18.9 Å². The van der Waals surface area contributed by atoms with Crippen LogP contribution in [0.5, 0.6) is 0 Å². The van der Waals surface area contributed by atoms with Gasteiger partial charge in [-0.1, -0.05) is 30.3 Å². The van der Waals surface area contributed by atoms with Gasteiger partial charge in [-0.15, -0.1) is 0 Å². The van der Waals surface area contributed by atoms with Crippen molar-refractivity contribution in [3.8, 4) is 5.69 Å². The molecule has 0 atom stereocenters. The summed E-state index contributed by atoms with van der Waals surface area (Å²) < 4.78 is 45.0. The molecule has 0 bridgehead atoms. The number of anilines is 1. The average molecular weight is 396 g/mol. The Labute approximate surface area is 154 Å². The summed E-state index contributed by atoms with van der Waals surface area (Å²) in [5.41, 5.74) is -1.36. The number of nitrogens with zero attached hydrogens (tertiary/aromatic N) is 1. The molecule has 1 heterocycles. The lowest BCUT2D eigenvalue weighted by molar-refractivity contribution is -0.704. The summed E-state index contributed by atoms with van der Waals surface area (Å²) >= 11 is 0.848. The highest BCUT2D eigenvalue weighted by molar-refractivity contribution is 7.99. The number of benzene rings is 2. The minimum Gasteiger partial charge on any atom is -0.325 e. The molecule has 2 N–H and O–H groups in total. The number of hydrogen-bond donors (Lipinski definition) is 2. The maximum absolute atomic E-state index is 13.0. The molecule has 140 valence electrons. The van der Waals surface area contributed by atoms with Gasteiger partial charge < -0.3 is 5.32 Å². The molecule has 0 saturated carbocycles. The van der Waals surface area contributed by atoms with E-state index in [-0.39, 0.29) is 16.5 Å². The summed E-state index contributed by atoms with van der Waals surface area (Å²) in [6.45, 7) is 0. The molecule has 0 radical (unpaired) electrons. The third kappa shape index (κ3) is 4.40. The predicted octanol–water partition coefficient (Wildman–Crippen LogP) is 2.99. The summed E-state index contributed by atoms with van der Waals surface area (Å²) in [5, 5.41) is 4.74. The number of nitrogens with one attached hydrogen (secondary N) is 2. The van der Waals surface area contributed by atoms with Crippen molar-refractivity contribution in [1.82, 2.24) is 5.27 Å². The highest BCUT2D eigenvalue weighted by atomic mass is 32.2. The van der Waals surface area contributed by atoms with Crippen LogP contribution in [0.15, 0.2) is 68.9 Å². The van der Waals surface area contributed by atoms with Crippen molar-refractivity contribution < 1.29 is 27.2 Å². The van der Waals surface area contributed by atoms with Crippen molar-refractivity contribution in [3.05, 3.63) is 70.6 Å². The highest BCUT2D eigenvalue weighted by Gasteiger charge is 2.33. The monoisotopic (exact) mass is 396 g/mol. The number of alkyl halides is 3. The lowest BCUT2D eigenvalue weighted by Crippen LogP contribution is -2.36. The first-order valence-corrected chi connectivity index (χ1v) is 8.62. The number of rotatable bonds is 5. The molecule has 1 amide bonds. The zero-order chi connectivity index (χ0) is 19.4. The van der Waals surface area contributed by atoms with Gasteiger partial charge in [-0.2, -0.15) is 13.2 Å². The topological polar surface area (TPSA) is 79.0 Å². The number of amides is 1. The quantitative estimate of drug-likeness (QED) is 0.513. The number of carbonyl (C=O) groups excluding carboxylic acids is 1. The van der Waals surface area contributed by atoms with Gasteiger partial charge in [0.1, 0.15) is 0 Å². The predicted molar refractivity (Wildman–Crippen MR) is 91.7 cm³/mol. The van der Waals surface area contributed by atoms with Crippen LogP contribution in [0.1, 0.15) is 5.56 Å². The standard InChI is InChI=1S/C17H12F3N3O3S/c18-17(19,20)12-8-4-5-9-13(12)21-14(24)10-27-15-16(25)26-22-23(15)11-6-2-1-3-7-11/h1-9H,10H2,(H-,21,22,24,25)/p+1. The van der Waals surface area contributed by atoms with Gasteiger partial charge in [0.25, 0.3) is 0 Å². The fourth-order valence-electron chi connectivity index (χ4n) is 2.29. The second-order valence-electron chi connectivity index (χ2n) is 5.34. The van der Waals surface area contributed by atoms with E-state index in [1.165, 1.54) is 22.9 Å². The van der Waals surface area contributed by atoms with Crippen molar-refractivity contribution in [1.29, 1.82) is 0 Å². The fourth-order valence-corrected chi connectivity index (χ4v) is 3.06. The van der Waals surface area contributed by atoms with Gasteiger partial charge in [0.15, 0.2) is 0 Å². The third-order valence-corrected chi connectivity index (χ3v) is 4.50. The number of hydrogen-bond acceptors (Lipinski definition) is 4. The normalized spacial score (nSPS) is 11.4. The van der Waals surface area contributed by atoms with Gasteiger partial charge >= 0.3 is 16.8 Å². The molecule has 10 heteroatoms. The first kappa shape index (κ1) is 18.8. The van der Waals surface area contributed by atoms with Gasteiger partial charge in [-0.05, 0) is 33.8 Å². The Hall–Kier alpha value is -3.01. The highest BCUT2D eigenvalue weighted by Crippen LogP contribution is 2.34. The second-order valence-corrected chi connectivity index (χ2v) is 6.30. The molecule has 0 aliphatic rings. The molecule has 0 aliphatic carbocycles. The Kier molecular flexibility index (Phi) is 5.36. The Bertz CT molecular complexity index is 1000. The first-order valence-electron chi connectivity index (χ1n) is 7.64. The van der Waals surface area contributed by atoms with Crippen LogP contribution in [0.2, 0.25) is 0 Å². The molecule has 3 aromatic rings. The van der Waals surface area contributed by atoms with E-state index in [2.05, 4.69) is 10.6 Å². The lowest BCUT2D eigenvalue weighted by Gasteiger charge is -2.12. The summed E-state index contributed by atoms with van der Waals surface area (Å²) in [6.07, 6.45) is -4.59. The van der Waals surface area contributed by atoms with E-state index < -0.39 is 23.3 Å². The molecular weight excluding hydrogens is 383 g/mol. The zero-order valence-corrected chi connectivity index (χ0v) is 14.4. The van der Waals surface area contributed by atoms with Crippen LogP contribution in [0, 0.1) is 0 Å². The molecule has 2 aromatic carbocycles. The van der Waals surface area contributed by atoms with Crippen LogP contribution in [-0.2, 0) is 11.0 Å². The second kappa shape index (κ2) is 7.70. The fraction of sp³-hybridized carbons (Fsp3) is 0.118. The van der Waals surface area contributed by atoms with E-state index in [4.69, 9.17) is 4.52 Å². The molecule has 0 fully saturated rings. The molecule has 6 nitrogen and oxygen atoms in total. The number of halogens is 3. The summed E-state index contributed by atoms with van der Waals surface area (Å²) in [5.74, 6) is -0.960. The number of carbonyl (C=O) groups is 1. The van der Waals surface area contributed by atoms with Crippen LogP contribution in [0.3, 0.4) is 0 Å². The van der Waals surface area contributed by atoms with Crippen molar-refractivity contribution >= 4 is 23.4 Å². The van der Waals surface area contributed by atoms with Crippen LogP contribution < -0.4 is 15.6 Å². The van der Waals surface area contributed by atoms with Gasteiger partial charge in [0.05, 0.1) is 17.0 Å². The Morgan fingerprint density at radius 2 is 1.78 bits per heavy atom. The number of para-hydroxylation sites is 2. The Morgan fingerprint density at radius 1 is 1.11 bits per heavy atom. The van der Waals surface area contributed by atoms with Crippen molar-refractivity contribution in [2.75, 3.05) is 11.1 Å². The van der Waals surface area contributed by atoms with Gasteiger partial charge in [0.2, 0.25) is 11.6 Å². The largest absolute Gasteiger partial charge is 0.442 e. The van der Waals surface area contributed by atoms with Crippen LogP contribution in [0.25, 0.3) is 5.69 Å². The Morgan fingerprint density at radius 3 is 2.48 bits per heavy atom. The van der Waals surface area contributed by atoms with Crippen molar-refractivity contribution in [2.45, 2.75) is 11.2 Å². The van der Waals surface area contributed by atoms with Crippen LogP contribution >= 0.6 is 11.8 Å². The lowest BCUT2D eigenvalue weighted by atomic mass is 10.1. The first-order chi connectivity index (χ1) is 12.9. The number of aromatic nitrogens is 2. The van der Waals surface area contributed by atoms with E-state index in [0.717, 1.165) is 17.8 Å². The Balaban J connectivity index is 1.73. The molecule has 0 aliphatic heterocycles. The van der Waals surface area contributed by atoms with Gasteiger partial charge in [0, 0.05) is 12.1 Å². The maximum Gasteiger partial charge on any atom is 0.442 e. The molecule has 0 spiro atoms. The summed E-state index contributed by atoms with van der Waals surface area (Å²) in [6, 6.07) is 13.4. The third-order valence-electron chi connectivity index (χ3n) is 3.47. The molecule has 0 saturated heterocycles. The van der Waals surface area contributed by atoms with E-state index in [1.807, 2.05) is 0 Å². The van der Waals surface area contributed by atoms with Gasteiger partial charge in [-0.25, -0.2) is 4.79 Å². The summed E-state index contributed by atoms with van der Waals surface area (Å²) in [7, 11) is 0. The molecular formula is C17H13F3N3O3S+. The average Bonchev–Trinajstić information content (AvgIpc) is 3.01. The van der Waals surface area contributed by atoms with Gasteiger partial charge in [-0.3, -0.25) is 9.32 Å². The molecule has 0 unspecified atom stereocenters. The van der Waals surface area contributed by atoms with Crippen molar-refractivity contribution in [2.24, 2.45) is 0 Å². The molecule has 3 rings (SSSR count). The summed E-state index contributed by atoms with van der Waals surface area (Å²) in [4.78, 5) is 23.9. The van der Waals surface area contributed by atoms with E-state index in [9.17, 15) is 22.8 Å². The van der Waals surface area contributed by atoms with E-state index in [0.29, 0.717) is 5.69 Å². The van der Waals surface area contributed by atoms with E-state index >= 15 is 0 Å². The zero-order valence-electron chi connectivity index (χ0n) is 13.6.